The van der Waals surface area contributed by atoms with Crippen molar-refractivity contribution in [1.29, 1.82) is 0 Å². The minimum atomic E-state index is -0.872. The number of phenols is 1. The summed E-state index contributed by atoms with van der Waals surface area (Å²) < 4.78 is 5.83. The molecule has 0 spiro atoms. The number of aliphatic hydroxyl groups excluding tert-OH is 1. The van der Waals surface area contributed by atoms with Crippen LogP contribution >= 0.6 is 11.6 Å². The Morgan fingerprint density at radius 3 is 2.47 bits per heavy atom. The van der Waals surface area contributed by atoms with Gasteiger partial charge in [-0.3, -0.25) is 14.9 Å². The van der Waals surface area contributed by atoms with E-state index in [0.717, 1.165) is 0 Å². The van der Waals surface area contributed by atoms with E-state index in [9.17, 15) is 19.8 Å². The standard InChI is InChI=1S/C23H28ClN3O5/c1-14(28)22(32-20-12-15(13-21(25)30)2-7-19(20)29)26-18-8-10-27(11-9-18)23(31)16-3-5-17(24)6-4-16/h2-7,12,14,18,22,26,28-29H,8-11,13H2,1H3,(H2,25,30)/t14-,22?/m0/s1. The van der Waals surface area contributed by atoms with Crippen LogP contribution in [0.1, 0.15) is 35.7 Å². The fourth-order valence-corrected chi connectivity index (χ4v) is 3.76. The predicted molar refractivity (Wildman–Crippen MR) is 121 cm³/mol. The smallest absolute Gasteiger partial charge is 0.253 e. The third-order valence-electron chi connectivity index (χ3n) is 5.37. The van der Waals surface area contributed by atoms with E-state index in [1.54, 1.807) is 42.2 Å². The molecule has 1 aliphatic rings. The molecule has 1 saturated heterocycles. The maximum absolute atomic E-state index is 12.7. The number of phenolic OH excluding ortho intramolecular Hbond substituents is 1. The molecule has 3 rings (SSSR count). The molecule has 1 fully saturated rings. The number of carbonyl (C=O) groups excluding carboxylic acids is 2. The molecular weight excluding hydrogens is 434 g/mol. The zero-order valence-electron chi connectivity index (χ0n) is 17.8. The molecule has 2 aromatic carbocycles. The minimum absolute atomic E-state index is 0.0137. The number of piperidine rings is 1. The van der Waals surface area contributed by atoms with Gasteiger partial charge in [-0.1, -0.05) is 17.7 Å². The van der Waals surface area contributed by atoms with Gasteiger partial charge < -0.3 is 25.6 Å². The van der Waals surface area contributed by atoms with E-state index in [1.165, 1.54) is 12.1 Å². The van der Waals surface area contributed by atoms with Crippen LogP contribution in [0, 0.1) is 0 Å². The molecule has 1 aliphatic heterocycles. The number of hydrogen-bond donors (Lipinski definition) is 4. The predicted octanol–water partition coefficient (Wildman–Crippen LogP) is 2.05. The van der Waals surface area contributed by atoms with Crippen molar-refractivity contribution in [1.82, 2.24) is 10.2 Å². The van der Waals surface area contributed by atoms with Crippen LogP contribution < -0.4 is 15.8 Å². The normalized spacial score (nSPS) is 16.4. The van der Waals surface area contributed by atoms with Gasteiger partial charge in [0.05, 0.1) is 6.42 Å². The first kappa shape index (κ1) is 23.8. The summed E-state index contributed by atoms with van der Waals surface area (Å²) in [6.45, 7) is 2.71. The van der Waals surface area contributed by atoms with Gasteiger partial charge in [0.15, 0.2) is 17.7 Å². The summed E-state index contributed by atoms with van der Waals surface area (Å²) in [5.41, 5.74) is 6.43. The van der Waals surface area contributed by atoms with Crippen molar-refractivity contribution >= 4 is 23.4 Å². The number of likely N-dealkylation sites (tertiary alicyclic amines) is 1. The minimum Gasteiger partial charge on any atom is -0.504 e. The number of hydrogen-bond acceptors (Lipinski definition) is 6. The number of aromatic hydroxyl groups is 1. The summed E-state index contributed by atoms with van der Waals surface area (Å²) in [5.74, 6) is -0.488. The highest BCUT2D eigenvalue weighted by Gasteiger charge is 2.28. The van der Waals surface area contributed by atoms with Gasteiger partial charge in [-0.05, 0) is 61.7 Å². The summed E-state index contributed by atoms with van der Waals surface area (Å²) in [5, 5.41) is 24.2. The van der Waals surface area contributed by atoms with Gasteiger partial charge in [0, 0.05) is 29.7 Å². The van der Waals surface area contributed by atoms with E-state index in [0.29, 0.717) is 42.1 Å². The number of rotatable bonds is 8. The number of nitrogens with zero attached hydrogens (tertiary/aromatic N) is 1. The number of halogens is 1. The molecule has 0 radical (unpaired) electrons. The first-order valence-electron chi connectivity index (χ1n) is 10.5. The molecule has 32 heavy (non-hydrogen) atoms. The fraction of sp³-hybridized carbons (Fsp3) is 0.391. The van der Waals surface area contributed by atoms with Crippen molar-refractivity contribution < 1.29 is 24.5 Å². The van der Waals surface area contributed by atoms with Gasteiger partial charge in [-0.2, -0.15) is 0 Å². The van der Waals surface area contributed by atoms with Crippen molar-refractivity contribution in [2.45, 2.75) is 44.6 Å². The second kappa shape index (κ2) is 10.7. The molecule has 9 heteroatoms. The topological polar surface area (TPSA) is 125 Å². The average molecular weight is 462 g/mol. The van der Waals surface area contributed by atoms with Crippen LogP contribution in [0.15, 0.2) is 42.5 Å². The molecule has 8 nitrogen and oxygen atoms in total. The molecule has 0 saturated carbocycles. The highest BCUT2D eigenvalue weighted by atomic mass is 35.5. The van der Waals surface area contributed by atoms with E-state index >= 15 is 0 Å². The summed E-state index contributed by atoms with van der Waals surface area (Å²) in [6.07, 6.45) is -0.279. The Labute approximate surface area is 191 Å². The monoisotopic (exact) mass is 461 g/mol. The van der Waals surface area contributed by atoms with Gasteiger partial charge in [0.1, 0.15) is 6.10 Å². The SMILES string of the molecule is C[C@H](O)C(NC1CCN(C(=O)c2ccc(Cl)cc2)CC1)Oc1cc(CC(N)=O)ccc1O. The Hall–Kier alpha value is -2.81. The number of amides is 2. The van der Waals surface area contributed by atoms with Crippen LogP contribution in [0.25, 0.3) is 0 Å². The van der Waals surface area contributed by atoms with E-state index in [1.807, 2.05) is 0 Å². The molecule has 5 N–H and O–H groups in total. The number of nitrogens with one attached hydrogen (secondary N) is 1. The summed E-state index contributed by atoms with van der Waals surface area (Å²) in [7, 11) is 0. The van der Waals surface area contributed by atoms with Crippen molar-refractivity contribution in [3.05, 3.63) is 58.6 Å². The number of carbonyl (C=O) groups is 2. The quantitative estimate of drug-likeness (QED) is 0.446. The molecule has 0 bridgehead atoms. The highest BCUT2D eigenvalue weighted by Crippen LogP contribution is 2.28. The Balaban J connectivity index is 1.59. The Kier molecular flexibility index (Phi) is 7.95. The van der Waals surface area contributed by atoms with Gasteiger partial charge in [0.25, 0.3) is 5.91 Å². The largest absolute Gasteiger partial charge is 0.504 e. The van der Waals surface area contributed by atoms with Gasteiger partial charge in [-0.25, -0.2) is 0 Å². The maximum Gasteiger partial charge on any atom is 0.253 e. The lowest BCUT2D eigenvalue weighted by atomic mass is 10.0. The van der Waals surface area contributed by atoms with Crippen molar-refractivity contribution in [3.63, 3.8) is 0 Å². The van der Waals surface area contributed by atoms with Gasteiger partial charge >= 0.3 is 0 Å². The molecule has 2 amide bonds. The molecule has 0 aliphatic carbocycles. The van der Waals surface area contributed by atoms with Crippen LogP contribution in [0.2, 0.25) is 5.02 Å². The molecule has 1 heterocycles. The third kappa shape index (κ3) is 6.35. The first-order valence-corrected chi connectivity index (χ1v) is 10.9. The Bertz CT molecular complexity index is 943. The molecule has 172 valence electrons. The van der Waals surface area contributed by atoms with Crippen molar-refractivity contribution in [2.75, 3.05) is 13.1 Å². The number of primary amides is 1. The average Bonchev–Trinajstić information content (AvgIpc) is 2.75. The van der Waals surface area contributed by atoms with Crippen LogP contribution in [-0.2, 0) is 11.2 Å². The number of nitrogens with two attached hydrogens (primary N) is 1. The zero-order chi connectivity index (χ0) is 23.3. The summed E-state index contributed by atoms with van der Waals surface area (Å²) in [4.78, 5) is 25.6. The first-order chi connectivity index (χ1) is 15.2. The highest BCUT2D eigenvalue weighted by molar-refractivity contribution is 6.30. The molecule has 2 atom stereocenters. The van der Waals surface area contributed by atoms with Crippen LogP contribution in [0.4, 0.5) is 0 Å². The maximum atomic E-state index is 12.7. The molecule has 1 unspecified atom stereocenters. The van der Waals surface area contributed by atoms with E-state index in [4.69, 9.17) is 22.1 Å². The van der Waals surface area contributed by atoms with E-state index in [2.05, 4.69) is 5.32 Å². The number of benzene rings is 2. The lowest BCUT2D eigenvalue weighted by Gasteiger charge is -2.35. The molecular formula is C23H28ClN3O5. The van der Waals surface area contributed by atoms with Crippen molar-refractivity contribution in [3.8, 4) is 11.5 Å². The van der Waals surface area contributed by atoms with Gasteiger partial charge in [0.2, 0.25) is 5.91 Å². The fourth-order valence-electron chi connectivity index (χ4n) is 3.63. The Morgan fingerprint density at radius 1 is 1.22 bits per heavy atom. The Morgan fingerprint density at radius 2 is 1.88 bits per heavy atom. The number of ether oxygens (including phenoxy) is 1. The van der Waals surface area contributed by atoms with Gasteiger partial charge in [-0.15, -0.1) is 0 Å². The van der Waals surface area contributed by atoms with Crippen LogP contribution in [0.3, 0.4) is 0 Å². The van der Waals surface area contributed by atoms with Crippen LogP contribution in [0.5, 0.6) is 11.5 Å². The molecule has 2 aromatic rings. The van der Waals surface area contributed by atoms with Crippen LogP contribution in [-0.4, -0.2) is 58.4 Å². The van der Waals surface area contributed by atoms with Crippen molar-refractivity contribution in [2.24, 2.45) is 5.73 Å². The summed E-state index contributed by atoms with van der Waals surface area (Å²) >= 11 is 5.89. The lowest BCUT2D eigenvalue weighted by molar-refractivity contribution is -0.117. The third-order valence-corrected chi connectivity index (χ3v) is 5.62. The zero-order valence-corrected chi connectivity index (χ0v) is 18.6. The number of aliphatic hydroxyl groups is 1. The molecule has 0 aromatic heterocycles. The summed E-state index contributed by atoms with van der Waals surface area (Å²) in [6, 6.07) is 11.4. The lowest BCUT2D eigenvalue weighted by Crippen LogP contribution is -2.52. The van der Waals surface area contributed by atoms with E-state index < -0.39 is 18.2 Å². The second-order valence-electron chi connectivity index (χ2n) is 7.96. The second-order valence-corrected chi connectivity index (χ2v) is 8.40. The van der Waals surface area contributed by atoms with E-state index in [-0.39, 0.29) is 29.9 Å².